The molecule has 1 heterocycles. The maximum atomic E-state index is 13.1. The van der Waals surface area contributed by atoms with Crippen LogP contribution < -0.4 is 5.32 Å². The summed E-state index contributed by atoms with van der Waals surface area (Å²) in [5.74, 6) is -0.355. The highest BCUT2D eigenvalue weighted by molar-refractivity contribution is 6.04. The van der Waals surface area contributed by atoms with Gasteiger partial charge in [-0.1, -0.05) is 26.0 Å². The maximum Gasteiger partial charge on any atom is 0.313 e. The molecule has 25 heavy (non-hydrogen) atoms. The van der Waals surface area contributed by atoms with Crippen LogP contribution >= 0.6 is 0 Å². The third kappa shape index (κ3) is 1.89. The van der Waals surface area contributed by atoms with Crippen LogP contribution in [-0.4, -0.2) is 22.6 Å². The van der Waals surface area contributed by atoms with Crippen molar-refractivity contribution < 1.29 is 19.4 Å². The van der Waals surface area contributed by atoms with Crippen molar-refractivity contribution in [1.29, 1.82) is 0 Å². The minimum Gasteiger partial charge on any atom is -0.508 e. The molecule has 1 aliphatic heterocycles. The zero-order valence-corrected chi connectivity index (χ0v) is 14.6. The van der Waals surface area contributed by atoms with Gasteiger partial charge in [0.1, 0.15) is 5.75 Å². The third-order valence-electron chi connectivity index (χ3n) is 6.53. The summed E-state index contributed by atoms with van der Waals surface area (Å²) in [7, 11) is 0. The molecule has 2 fully saturated rings. The average Bonchev–Trinajstić information content (AvgIpc) is 2.85. The van der Waals surface area contributed by atoms with E-state index in [9.17, 15) is 14.7 Å². The molecule has 2 atom stereocenters. The molecular formula is C20H21NO4. The third-order valence-corrected chi connectivity index (χ3v) is 6.53. The Labute approximate surface area is 146 Å². The highest BCUT2D eigenvalue weighted by Gasteiger charge is 2.75. The summed E-state index contributed by atoms with van der Waals surface area (Å²) < 4.78 is 5.62. The molecule has 0 unspecified atom stereocenters. The van der Waals surface area contributed by atoms with Crippen molar-refractivity contribution in [2.75, 3.05) is 5.32 Å². The Morgan fingerprint density at radius 3 is 2.40 bits per heavy atom. The number of anilines is 1. The number of hydrogen-bond donors (Lipinski definition) is 2. The maximum absolute atomic E-state index is 13.1. The van der Waals surface area contributed by atoms with Crippen LogP contribution in [-0.2, 0) is 14.3 Å². The molecule has 4 rings (SSSR count). The first kappa shape index (κ1) is 15.9. The number of benzene rings is 2. The van der Waals surface area contributed by atoms with Crippen LogP contribution in [0.1, 0.15) is 33.6 Å². The number of phenols is 1. The second kappa shape index (κ2) is 4.75. The predicted molar refractivity (Wildman–Crippen MR) is 94.2 cm³/mol. The lowest BCUT2D eigenvalue weighted by molar-refractivity contribution is -0.165. The van der Waals surface area contributed by atoms with E-state index in [0.29, 0.717) is 18.5 Å². The van der Waals surface area contributed by atoms with Crippen molar-refractivity contribution in [1.82, 2.24) is 0 Å². The molecule has 0 spiro atoms. The minimum absolute atomic E-state index is 0.202. The molecule has 0 aromatic heterocycles. The van der Waals surface area contributed by atoms with Gasteiger partial charge in [0.15, 0.2) is 5.60 Å². The number of carbonyl (C=O) groups excluding carboxylic acids is 2. The van der Waals surface area contributed by atoms with Gasteiger partial charge in [-0.05, 0) is 54.8 Å². The summed E-state index contributed by atoms with van der Waals surface area (Å²) in [6, 6.07) is 10.5. The second-order valence-electron chi connectivity index (χ2n) is 7.87. The van der Waals surface area contributed by atoms with Crippen LogP contribution in [0.3, 0.4) is 0 Å². The number of hydrogen-bond acceptors (Lipinski definition) is 4. The summed E-state index contributed by atoms with van der Waals surface area (Å²) in [5, 5.41) is 14.3. The van der Waals surface area contributed by atoms with Gasteiger partial charge in [-0.15, -0.1) is 0 Å². The largest absolute Gasteiger partial charge is 0.508 e. The van der Waals surface area contributed by atoms with Crippen LogP contribution in [0.2, 0.25) is 0 Å². The molecule has 1 saturated heterocycles. The fraction of sp³-hybridized carbons (Fsp3) is 0.400. The molecule has 2 aromatic carbocycles. The molecule has 2 aromatic rings. The minimum atomic E-state index is -1.12. The van der Waals surface area contributed by atoms with Gasteiger partial charge >= 0.3 is 5.97 Å². The summed E-state index contributed by atoms with van der Waals surface area (Å²) in [6.07, 6.45) is 1.19. The van der Waals surface area contributed by atoms with Gasteiger partial charge in [-0.2, -0.15) is 0 Å². The van der Waals surface area contributed by atoms with E-state index in [4.69, 9.17) is 4.74 Å². The molecule has 2 aliphatic rings. The number of aromatic hydroxyl groups is 1. The van der Waals surface area contributed by atoms with Crippen LogP contribution in [0, 0.1) is 10.8 Å². The second-order valence-corrected chi connectivity index (χ2v) is 7.87. The van der Waals surface area contributed by atoms with Gasteiger partial charge in [0.25, 0.3) is 5.91 Å². The lowest BCUT2D eigenvalue weighted by Gasteiger charge is -2.35. The van der Waals surface area contributed by atoms with E-state index in [0.717, 1.165) is 10.8 Å². The summed E-state index contributed by atoms with van der Waals surface area (Å²) in [6.45, 7) is 5.77. The van der Waals surface area contributed by atoms with Gasteiger partial charge in [0.2, 0.25) is 0 Å². The number of ether oxygens (including phenoxy) is 1. The number of esters is 1. The first-order valence-corrected chi connectivity index (χ1v) is 8.47. The van der Waals surface area contributed by atoms with Crippen LogP contribution in [0.5, 0.6) is 5.75 Å². The molecule has 2 N–H and O–H groups in total. The fourth-order valence-corrected chi connectivity index (χ4v) is 4.29. The Morgan fingerprint density at radius 2 is 1.76 bits per heavy atom. The Morgan fingerprint density at radius 1 is 1.08 bits per heavy atom. The Balaban J connectivity index is 1.67. The van der Waals surface area contributed by atoms with E-state index in [2.05, 4.69) is 5.32 Å². The molecule has 130 valence electrons. The molecular weight excluding hydrogens is 318 g/mol. The van der Waals surface area contributed by atoms with Gasteiger partial charge in [-0.3, -0.25) is 9.59 Å². The van der Waals surface area contributed by atoms with E-state index in [1.807, 2.05) is 32.9 Å². The highest BCUT2D eigenvalue weighted by atomic mass is 16.6. The van der Waals surface area contributed by atoms with Crippen molar-refractivity contribution >= 4 is 28.3 Å². The highest BCUT2D eigenvalue weighted by Crippen LogP contribution is 2.65. The lowest BCUT2D eigenvalue weighted by Crippen LogP contribution is -2.50. The number of fused-ring (bicyclic) bond motifs is 3. The quantitative estimate of drug-likeness (QED) is 0.820. The van der Waals surface area contributed by atoms with Crippen LogP contribution in [0.4, 0.5) is 5.69 Å². The molecule has 1 aliphatic carbocycles. The molecule has 1 amide bonds. The monoisotopic (exact) mass is 339 g/mol. The zero-order valence-electron chi connectivity index (χ0n) is 14.6. The Kier molecular flexibility index (Phi) is 3.03. The zero-order chi connectivity index (χ0) is 18.0. The van der Waals surface area contributed by atoms with E-state index in [-0.39, 0.29) is 17.6 Å². The van der Waals surface area contributed by atoms with Crippen molar-refractivity contribution in [2.24, 2.45) is 10.8 Å². The predicted octanol–water partition coefficient (Wildman–Crippen LogP) is 3.61. The topological polar surface area (TPSA) is 75.6 Å². The van der Waals surface area contributed by atoms with Gasteiger partial charge in [0.05, 0.1) is 5.41 Å². The van der Waals surface area contributed by atoms with Crippen LogP contribution in [0.15, 0.2) is 36.4 Å². The van der Waals surface area contributed by atoms with E-state index in [1.165, 1.54) is 0 Å². The summed E-state index contributed by atoms with van der Waals surface area (Å²) in [5.41, 5.74) is -1.66. The molecule has 5 nitrogen and oxygen atoms in total. The first-order chi connectivity index (χ1) is 11.7. The average molecular weight is 339 g/mol. The number of nitrogens with one attached hydrogen (secondary N) is 1. The Bertz CT molecular complexity index is 919. The lowest BCUT2D eigenvalue weighted by atomic mass is 9.66. The summed E-state index contributed by atoms with van der Waals surface area (Å²) in [4.78, 5) is 25.4. The molecule has 2 bridgehead atoms. The molecule has 0 radical (unpaired) electrons. The number of amides is 1. The van der Waals surface area contributed by atoms with Crippen molar-refractivity contribution in [3.63, 3.8) is 0 Å². The number of rotatable bonds is 2. The van der Waals surface area contributed by atoms with Crippen LogP contribution in [0.25, 0.3) is 10.8 Å². The SMILES string of the molecule is CC1(C)[C@@]2(C)CC[C@]1(C(=O)Nc1ccc3cc(O)ccc3c1)OC2=O. The van der Waals surface area contributed by atoms with Gasteiger partial charge in [-0.25, -0.2) is 0 Å². The smallest absolute Gasteiger partial charge is 0.313 e. The normalized spacial score (nSPS) is 29.6. The standard InChI is InChI=1S/C20H21NO4/c1-18(2)19(3)8-9-20(18,25-17(19)24)16(23)21-14-6-4-13-11-15(22)7-5-12(13)10-14/h4-7,10-11,22H,8-9H2,1-3H3,(H,21,23)/t19-,20+/m0/s1. The summed E-state index contributed by atoms with van der Waals surface area (Å²) >= 11 is 0. The number of phenolic OH excluding ortho intramolecular Hbond substituents is 1. The van der Waals surface area contributed by atoms with E-state index in [1.54, 1.807) is 24.3 Å². The van der Waals surface area contributed by atoms with Gasteiger partial charge < -0.3 is 15.2 Å². The number of carbonyl (C=O) groups is 2. The van der Waals surface area contributed by atoms with E-state index < -0.39 is 16.4 Å². The van der Waals surface area contributed by atoms with Crippen molar-refractivity contribution in [3.8, 4) is 5.75 Å². The Hall–Kier alpha value is -2.56. The van der Waals surface area contributed by atoms with Gasteiger partial charge in [0, 0.05) is 11.1 Å². The molecule has 1 saturated carbocycles. The van der Waals surface area contributed by atoms with Crippen molar-refractivity contribution in [2.45, 2.75) is 39.2 Å². The van der Waals surface area contributed by atoms with E-state index >= 15 is 0 Å². The van der Waals surface area contributed by atoms with Crippen molar-refractivity contribution in [3.05, 3.63) is 36.4 Å². The first-order valence-electron chi connectivity index (χ1n) is 8.47. The fourth-order valence-electron chi connectivity index (χ4n) is 4.29. The molecule has 5 heteroatoms.